The van der Waals surface area contributed by atoms with Gasteiger partial charge in [-0.05, 0) is 25.3 Å². The number of carbonyl (C=O) groups excluding carboxylic acids is 1. The van der Waals surface area contributed by atoms with Crippen molar-refractivity contribution in [1.82, 2.24) is 10.2 Å². The van der Waals surface area contributed by atoms with Crippen LogP contribution >= 0.6 is 0 Å². The molecule has 114 valence electrons. The molecule has 1 aliphatic carbocycles. The topological polar surface area (TPSA) is 69.6 Å². The van der Waals surface area contributed by atoms with Gasteiger partial charge in [-0.1, -0.05) is 18.2 Å². The van der Waals surface area contributed by atoms with Crippen LogP contribution in [0.15, 0.2) is 24.3 Å². The molecule has 0 aromatic heterocycles. The van der Waals surface area contributed by atoms with Gasteiger partial charge in [-0.3, -0.25) is 14.9 Å². The lowest BCUT2D eigenvalue weighted by molar-refractivity contribution is -0.149. The highest BCUT2D eigenvalue weighted by molar-refractivity contribution is 5.83. The highest BCUT2D eigenvalue weighted by Crippen LogP contribution is 2.31. The van der Waals surface area contributed by atoms with Crippen LogP contribution in [0, 0.1) is 5.82 Å². The summed E-state index contributed by atoms with van der Waals surface area (Å²) in [5.74, 6) is -1.53. The molecular weight excluding hydrogens is 275 g/mol. The maximum absolute atomic E-state index is 13.5. The zero-order valence-corrected chi connectivity index (χ0v) is 11.9. The van der Waals surface area contributed by atoms with Gasteiger partial charge in [-0.15, -0.1) is 0 Å². The third-order valence-electron chi connectivity index (χ3n) is 3.99. The van der Waals surface area contributed by atoms with E-state index >= 15 is 0 Å². The SMILES string of the molecule is CN(Cc1ccccc1F)C(=O)CNC1(C(=O)O)CCC1. The Balaban J connectivity index is 1.88. The van der Waals surface area contributed by atoms with Crippen LogP contribution in [-0.4, -0.2) is 41.0 Å². The lowest BCUT2D eigenvalue weighted by atomic mass is 9.77. The molecule has 1 aromatic carbocycles. The van der Waals surface area contributed by atoms with Crippen molar-refractivity contribution in [2.45, 2.75) is 31.3 Å². The first kappa shape index (κ1) is 15.4. The number of carbonyl (C=O) groups is 2. The second-order valence-electron chi connectivity index (χ2n) is 5.44. The van der Waals surface area contributed by atoms with Gasteiger partial charge in [0.15, 0.2) is 0 Å². The largest absolute Gasteiger partial charge is 0.480 e. The molecule has 21 heavy (non-hydrogen) atoms. The molecule has 0 heterocycles. The number of nitrogens with one attached hydrogen (secondary N) is 1. The third-order valence-corrected chi connectivity index (χ3v) is 3.99. The first-order valence-corrected chi connectivity index (χ1v) is 6.90. The van der Waals surface area contributed by atoms with E-state index in [4.69, 9.17) is 5.11 Å². The van der Waals surface area contributed by atoms with E-state index in [1.54, 1.807) is 25.2 Å². The highest BCUT2D eigenvalue weighted by atomic mass is 19.1. The van der Waals surface area contributed by atoms with Gasteiger partial charge in [0.2, 0.25) is 5.91 Å². The number of benzene rings is 1. The summed E-state index contributed by atoms with van der Waals surface area (Å²) in [4.78, 5) is 24.6. The number of amides is 1. The number of likely N-dealkylation sites (N-methyl/N-ethyl adjacent to an activating group) is 1. The number of halogens is 1. The highest BCUT2D eigenvalue weighted by Gasteiger charge is 2.44. The minimum absolute atomic E-state index is 0.0583. The van der Waals surface area contributed by atoms with Crippen LogP contribution in [0.3, 0.4) is 0 Å². The molecule has 2 N–H and O–H groups in total. The van der Waals surface area contributed by atoms with E-state index in [0.29, 0.717) is 18.4 Å². The lowest BCUT2D eigenvalue weighted by Gasteiger charge is -2.38. The van der Waals surface area contributed by atoms with Crippen molar-refractivity contribution in [3.63, 3.8) is 0 Å². The van der Waals surface area contributed by atoms with E-state index in [2.05, 4.69) is 5.32 Å². The summed E-state index contributed by atoms with van der Waals surface area (Å²) in [5, 5.41) is 12.0. The normalized spacial score (nSPS) is 16.1. The Hall–Kier alpha value is -1.95. The first-order valence-electron chi connectivity index (χ1n) is 6.90. The van der Waals surface area contributed by atoms with Gasteiger partial charge in [-0.2, -0.15) is 0 Å². The summed E-state index contributed by atoms with van der Waals surface area (Å²) in [5.41, 5.74) is -0.529. The molecule has 0 atom stereocenters. The Labute approximate surface area is 122 Å². The van der Waals surface area contributed by atoms with Gasteiger partial charge in [0.25, 0.3) is 0 Å². The number of carboxylic acid groups (broad SMARTS) is 1. The molecule has 5 nitrogen and oxygen atoms in total. The Morgan fingerprint density at radius 1 is 1.38 bits per heavy atom. The zero-order valence-electron chi connectivity index (χ0n) is 11.9. The van der Waals surface area contributed by atoms with Crippen LogP contribution in [0.4, 0.5) is 4.39 Å². The van der Waals surface area contributed by atoms with E-state index in [1.165, 1.54) is 11.0 Å². The molecule has 0 bridgehead atoms. The average Bonchev–Trinajstić information content (AvgIpc) is 2.39. The van der Waals surface area contributed by atoms with Crippen LogP contribution in [0.25, 0.3) is 0 Å². The van der Waals surface area contributed by atoms with Crippen molar-refractivity contribution in [3.8, 4) is 0 Å². The molecule has 0 saturated heterocycles. The Kier molecular flexibility index (Phi) is 4.57. The lowest BCUT2D eigenvalue weighted by Crippen LogP contribution is -2.59. The van der Waals surface area contributed by atoms with Crippen LogP contribution in [-0.2, 0) is 16.1 Å². The summed E-state index contributed by atoms with van der Waals surface area (Å²) in [6.45, 7) is 0.102. The number of hydrogen-bond donors (Lipinski definition) is 2. The van der Waals surface area contributed by atoms with Crippen molar-refractivity contribution in [2.75, 3.05) is 13.6 Å². The molecule has 1 amide bonds. The summed E-state index contributed by atoms with van der Waals surface area (Å²) >= 11 is 0. The quantitative estimate of drug-likeness (QED) is 0.831. The van der Waals surface area contributed by atoms with E-state index in [9.17, 15) is 14.0 Å². The van der Waals surface area contributed by atoms with Crippen molar-refractivity contribution in [1.29, 1.82) is 0 Å². The summed E-state index contributed by atoms with van der Waals surface area (Å²) in [7, 11) is 1.57. The molecule has 1 fully saturated rings. The maximum atomic E-state index is 13.5. The van der Waals surface area contributed by atoms with Crippen molar-refractivity contribution < 1.29 is 19.1 Å². The van der Waals surface area contributed by atoms with Crippen LogP contribution < -0.4 is 5.32 Å². The Bertz CT molecular complexity index is 543. The van der Waals surface area contributed by atoms with Crippen molar-refractivity contribution >= 4 is 11.9 Å². The molecule has 6 heteroatoms. The van der Waals surface area contributed by atoms with Gasteiger partial charge >= 0.3 is 5.97 Å². The van der Waals surface area contributed by atoms with E-state index < -0.39 is 11.5 Å². The molecular formula is C15H19FN2O3. The zero-order chi connectivity index (χ0) is 15.5. The monoisotopic (exact) mass is 294 g/mol. The molecule has 0 spiro atoms. The van der Waals surface area contributed by atoms with Crippen molar-refractivity contribution in [2.24, 2.45) is 0 Å². The molecule has 1 saturated carbocycles. The molecule has 0 unspecified atom stereocenters. The number of hydrogen-bond acceptors (Lipinski definition) is 3. The van der Waals surface area contributed by atoms with Crippen molar-refractivity contribution in [3.05, 3.63) is 35.6 Å². The number of carboxylic acids is 1. The van der Waals surface area contributed by atoms with Gasteiger partial charge in [0.1, 0.15) is 11.4 Å². The molecule has 2 rings (SSSR count). The number of nitrogens with zero attached hydrogens (tertiary/aromatic N) is 1. The summed E-state index contributed by atoms with van der Waals surface area (Å²) < 4.78 is 13.5. The van der Waals surface area contributed by atoms with E-state index in [1.807, 2.05) is 0 Å². The van der Waals surface area contributed by atoms with Crippen LogP contribution in [0.1, 0.15) is 24.8 Å². The smallest absolute Gasteiger partial charge is 0.323 e. The second-order valence-corrected chi connectivity index (χ2v) is 5.44. The standard InChI is InChI=1S/C15H19FN2O3/c1-18(10-11-5-2-3-6-12(11)16)13(19)9-17-15(14(20)21)7-4-8-15/h2-3,5-6,17H,4,7-10H2,1H3,(H,20,21). The van der Waals surface area contributed by atoms with Crippen LogP contribution in [0.5, 0.6) is 0 Å². The van der Waals surface area contributed by atoms with Gasteiger partial charge in [0.05, 0.1) is 6.54 Å². The third kappa shape index (κ3) is 3.39. The van der Waals surface area contributed by atoms with E-state index in [0.717, 1.165) is 6.42 Å². The first-order chi connectivity index (χ1) is 9.94. The fourth-order valence-electron chi connectivity index (χ4n) is 2.35. The fourth-order valence-corrected chi connectivity index (χ4v) is 2.35. The second kappa shape index (κ2) is 6.22. The summed E-state index contributed by atoms with van der Waals surface area (Å²) in [6, 6.07) is 6.27. The van der Waals surface area contributed by atoms with Gasteiger partial charge < -0.3 is 10.0 Å². The average molecular weight is 294 g/mol. The predicted octanol–water partition coefficient (Wildman–Crippen LogP) is 1.38. The minimum Gasteiger partial charge on any atom is -0.480 e. The Morgan fingerprint density at radius 3 is 2.57 bits per heavy atom. The molecule has 1 aromatic rings. The molecule has 0 aliphatic heterocycles. The van der Waals surface area contributed by atoms with Crippen LogP contribution in [0.2, 0.25) is 0 Å². The molecule has 1 aliphatic rings. The minimum atomic E-state index is -0.964. The Morgan fingerprint density at radius 2 is 2.05 bits per heavy atom. The van der Waals surface area contributed by atoms with E-state index in [-0.39, 0.29) is 24.8 Å². The van der Waals surface area contributed by atoms with Gasteiger partial charge in [0, 0.05) is 19.2 Å². The maximum Gasteiger partial charge on any atom is 0.323 e. The summed E-state index contributed by atoms with van der Waals surface area (Å²) in [6.07, 6.45) is 1.91. The van der Waals surface area contributed by atoms with Gasteiger partial charge in [-0.25, -0.2) is 4.39 Å². The number of rotatable bonds is 6. The molecule has 0 radical (unpaired) electrons. The predicted molar refractivity (Wildman–Crippen MR) is 75.1 cm³/mol. The fraction of sp³-hybridized carbons (Fsp3) is 0.467. The number of aliphatic carboxylic acids is 1.